The van der Waals surface area contributed by atoms with Crippen LogP contribution in [0.5, 0.6) is 0 Å². The number of nitriles is 1. The first-order chi connectivity index (χ1) is 20.3. The third-order valence-corrected chi connectivity index (χ3v) is 9.35. The van der Waals surface area contributed by atoms with Crippen LogP contribution in [0.4, 0.5) is 0 Å². The molecule has 0 amide bonds. The third kappa shape index (κ3) is 3.05. The van der Waals surface area contributed by atoms with Gasteiger partial charge in [0.25, 0.3) is 0 Å². The van der Waals surface area contributed by atoms with Gasteiger partial charge in [0.05, 0.1) is 43.9 Å². The lowest BCUT2D eigenvalue weighted by atomic mass is 10.1. The van der Waals surface area contributed by atoms with E-state index >= 15 is 0 Å². The van der Waals surface area contributed by atoms with E-state index in [4.69, 9.17) is 4.98 Å². The van der Waals surface area contributed by atoms with E-state index in [1.54, 1.807) is 0 Å². The maximum absolute atomic E-state index is 9.55. The van der Waals surface area contributed by atoms with Gasteiger partial charge in [0.15, 0.2) is 0 Å². The number of aromatic nitrogens is 3. The molecule has 0 aliphatic heterocycles. The van der Waals surface area contributed by atoms with Gasteiger partial charge in [0.1, 0.15) is 0 Å². The van der Waals surface area contributed by atoms with Crippen molar-refractivity contribution >= 4 is 75.3 Å². The monoisotopic (exact) mass is 540 g/mol. The average molecular weight is 541 g/mol. The van der Waals surface area contributed by atoms with Gasteiger partial charge in [-0.15, -0.1) is 11.3 Å². The number of hydrogen-bond donors (Lipinski definition) is 0. The van der Waals surface area contributed by atoms with Crippen LogP contribution < -0.4 is 0 Å². The van der Waals surface area contributed by atoms with Crippen molar-refractivity contribution in [3.05, 3.63) is 127 Å². The predicted molar refractivity (Wildman–Crippen MR) is 171 cm³/mol. The zero-order valence-electron chi connectivity index (χ0n) is 21.7. The number of nitrogens with zero attached hydrogens (tertiary/aromatic N) is 4. The van der Waals surface area contributed by atoms with Crippen molar-refractivity contribution < 1.29 is 0 Å². The number of para-hydroxylation sites is 2. The fourth-order valence-electron chi connectivity index (χ4n) is 6.48. The molecular formula is C36H20N4S. The van der Waals surface area contributed by atoms with Crippen molar-refractivity contribution in [1.82, 2.24) is 14.1 Å². The van der Waals surface area contributed by atoms with Crippen LogP contribution in [0.1, 0.15) is 5.56 Å². The maximum atomic E-state index is 9.55. The molecule has 0 spiro atoms. The summed E-state index contributed by atoms with van der Waals surface area (Å²) in [7, 11) is 0. The average Bonchev–Trinajstić information content (AvgIpc) is 3.68. The van der Waals surface area contributed by atoms with Crippen molar-refractivity contribution in [3.8, 4) is 17.4 Å². The molecule has 4 nitrogen and oxygen atoms in total. The minimum Gasteiger partial charge on any atom is -0.309 e. The van der Waals surface area contributed by atoms with Gasteiger partial charge in [-0.25, -0.2) is 0 Å². The SMILES string of the molecule is N#Cc1ccc2c(c1)c1ccccc1n2-c1cccc(-n2c3ccccc3c3c4sc5cccnc5c4ccc32)c1. The first-order valence-electron chi connectivity index (χ1n) is 13.5. The highest BCUT2D eigenvalue weighted by molar-refractivity contribution is 7.26. The van der Waals surface area contributed by atoms with Crippen LogP contribution in [0.15, 0.2) is 121 Å². The third-order valence-electron chi connectivity index (χ3n) is 8.18. The molecule has 0 aliphatic carbocycles. The van der Waals surface area contributed by atoms with Gasteiger partial charge in [-0.3, -0.25) is 4.98 Å². The molecule has 0 aliphatic rings. The van der Waals surface area contributed by atoms with Crippen LogP contribution in [-0.4, -0.2) is 14.1 Å². The first-order valence-corrected chi connectivity index (χ1v) is 14.4. The van der Waals surface area contributed by atoms with E-state index < -0.39 is 0 Å². The van der Waals surface area contributed by atoms with E-state index in [9.17, 15) is 5.26 Å². The van der Waals surface area contributed by atoms with E-state index in [0.29, 0.717) is 5.56 Å². The Morgan fingerprint density at radius 1 is 0.585 bits per heavy atom. The Bertz CT molecular complexity index is 2560. The Morgan fingerprint density at radius 3 is 2.12 bits per heavy atom. The van der Waals surface area contributed by atoms with Crippen LogP contribution in [0.2, 0.25) is 0 Å². The molecule has 41 heavy (non-hydrogen) atoms. The van der Waals surface area contributed by atoms with Gasteiger partial charge in [-0.2, -0.15) is 5.26 Å². The Morgan fingerprint density at radius 2 is 1.29 bits per heavy atom. The quantitative estimate of drug-likeness (QED) is 0.219. The molecule has 0 fully saturated rings. The van der Waals surface area contributed by atoms with E-state index in [2.05, 4.69) is 112 Å². The molecule has 0 bridgehead atoms. The number of fused-ring (bicyclic) bond motifs is 10. The molecule has 0 N–H and O–H groups in total. The Balaban J connectivity index is 1.35. The molecule has 0 radical (unpaired) electrons. The molecule has 190 valence electrons. The molecule has 0 saturated carbocycles. The topological polar surface area (TPSA) is 46.5 Å². The van der Waals surface area contributed by atoms with Crippen molar-refractivity contribution in [3.63, 3.8) is 0 Å². The van der Waals surface area contributed by atoms with E-state index in [1.165, 1.54) is 36.6 Å². The van der Waals surface area contributed by atoms with Crippen molar-refractivity contribution in [2.24, 2.45) is 0 Å². The van der Waals surface area contributed by atoms with E-state index in [-0.39, 0.29) is 0 Å². The largest absolute Gasteiger partial charge is 0.309 e. The number of benzene rings is 5. The minimum atomic E-state index is 0.669. The number of hydrogen-bond acceptors (Lipinski definition) is 3. The molecule has 0 unspecified atom stereocenters. The van der Waals surface area contributed by atoms with Crippen molar-refractivity contribution in [2.45, 2.75) is 0 Å². The van der Waals surface area contributed by atoms with Crippen molar-refractivity contribution in [2.75, 3.05) is 0 Å². The highest BCUT2D eigenvalue weighted by Gasteiger charge is 2.19. The second kappa shape index (κ2) is 8.28. The molecule has 5 aromatic carbocycles. The van der Waals surface area contributed by atoms with Crippen LogP contribution in [0.25, 0.3) is 75.3 Å². The van der Waals surface area contributed by atoms with Crippen molar-refractivity contribution in [1.29, 1.82) is 5.26 Å². The van der Waals surface area contributed by atoms with Gasteiger partial charge in [0, 0.05) is 49.2 Å². The molecule has 9 rings (SSSR count). The summed E-state index contributed by atoms with van der Waals surface area (Å²) in [6.07, 6.45) is 1.88. The highest BCUT2D eigenvalue weighted by atomic mass is 32.1. The lowest BCUT2D eigenvalue weighted by Gasteiger charge is -2.13. The molecule has 0 saturated heterocycles. The Hall–Kier alpha value is -5.44. The second-order valence-corrected chi connectivity index (χ2v) is 11.4. The smallest absolute Gasteiger partial charge is 0.0991 e. The lowest BCUT2D eigenvalue weighted by Crippen LogP contribution is -1.98. The lowest BCUT2D eigenvalue weighted by molar-refractivity contribution is 1.13. The van der Waals surface area contributed by atoms with Gasteiger partial charge in [-0.1, -0.05) is 42.5 Å². The zero-order valence-corrected chi connectivity index (χ0v) is 22.6. The first kappa shape index (κ1) is 22.4. The molecule has 9 aromatic rings. The fraction of sp³-hybridized carbons (Fsp3) is 0. The second-order valence-electron chi connectivity index (χ2n) is 10.4. The van der Waals surface area contributed by atoms with Crippen LogP contribution in [-0.2, 0) is 0 Å². The highest BCUT2D eigenvalue weighted by Crippen LogP contribution is 2.43. The molecule has 4 heterocycles. The van der Waals surface area contributed by atoms with Gasteiger partial charge in [-0.05, 0) is 72.8 Å². The van der Waals surface area contributed by atoms with Crippen LogP contribution >= 0.6 is 11.3 Å². The predicted octanol–water partition coefficient (Wildman–Crippen LogP) is 9.52. The number of pyridine rings is 1. The summed E-state index contributed by atoms with van der Waals surface area (Å²) in [6, 6.07) is 42.8. The van der Waals surface area contributed by atoms with Crippen LogP contribution in [0, 0.1) is 11.3 Å². The van der Waals surface area contributed by atoms with E-state index in [0.717, 1.165) is 38.7 Å². The summed E-state index contributed by atoms with van der Waals surface area (Å²) >= 11 is 1.82. The van der Waals surface area contributed by atoms with Gasteiger partial charge < -0.3 is 9.13 Å². The summed E-state index contributed by atoms with van der Waals surface area (Å²) < 4.78 is 7.17. The standard InChI is InChI=1S/C36H20N4S/c37-21-22-14-16-31-28(19-22)25-9-1-3-11-29(25)39(31)23-7-5-8-24(20-23)40-30-12-4-2-10-26(30)34-32(40)17-15-27-35-33(41-36(27)34)13-6-18-38-35/h1-20H. The summed E-state index contributed by atoms with van der Waals surface area (Å²) in [5, 5.41) is 15.5. The minimum absolute atomic E-state index is 0.669. The number of thiophene rings is 1. The van der Waals surface area contributed by atoms with E-state index in [1.807, 2.05) is 35.7 Å². The Kier molecular flexibility index (Phi) is 4.52. The normalized spacial score (nSPS) is 11.9. The fourth-order valence-corrected chi connectivity index (χ4v) is 7.69. The summed E-state index contributed by atoms with van der Waals surface area (Å²) in [6.45, 7) is 0. The zero-order chi connectivity index (χ0) is 27.1. The molecular weight excluding hydrogens is 520 g/mol. The summed E-state index contributed by atoms with van der Waals surface area (Å²) in [4.78, 5) is 4.70. The van der Waals surface area contributed by atoms with Crippen LogP contribution in [0.3, 0.4) is 0 Å². The molecule has 5 heteroatoms. The molecule has 4 aromatic heterocycles. The Labute approximate surface area is 238 Å². The van der Waals surface area contributed by atoms with Gasteiger partial charge >= 0.3 is 0 Å². The van der Waals surface area contributed by atoms with Gasteiger partial charge in [0.2, 0.25) is 0 Å². The summed E-state index contributed by atoms with van der Waals surface area (Å²) in [5.74, 6) is 0. The maximum Gasteiger partial charge on any atom is 0.0991 e. The summed E-state index contributed by atoms with van der Waals surface area (Å²) in [5.41, 5.74) is 8.49. The number of rotatable bonds is 2. The molecule has 0 atom stereocenters.